The highest BCUT2D eigenvalue weighted by atomic mass is 32.1. The van der Waals surface area contributed by atoms with Gasteiger partial charge >= 0.3 is 0 Å². The molecule has 0 aliphatic rings. The van der Waals surface area contributed by atoms with Gasteiger partial charge in [0.1, 0.15) is 16.9 Å². The van der Waals surface area contributed by atoms with Crippen LogP contribution in [0, 0.1) is 0 Å². The van der Waals surface area contributed by atoms with Gasteiger partial charge in [-0.15, -0.1) is 5.10 Å². The maximum Gasteiger partial charge on any atom is 0.297 e. The molecule has 206 valence electrons. The zero-order valence-corrected chi connectivity index (χ0v) is 24.0. The van der Waals surface area contributed by atoms with Crippen molar-refractivity contribution in [2.75, 3.05) is 0 Å². The molecule has 0 aliphatic heterocycles. The Balaban J connectivity index is 1.48. The fourth-order valence-corrected chi connectivity index (χ4v) is 6.44. The van der Waals surface area contributed by atoms with Crippen molar-refractivity contribution >= 4 is 17.0 Å². The third-order valence-electron chi connectivity index (χ3n) is 7.67. The van der Waals surface area contributed by atoms with Crippen LogP contribution in [0.5, 0.6) is 0 Å². The smallest absolute Gasteiger partial charge is 0.297 e. The number of hydrogen-bond donors (Lipinski definition) is 0. The topological polar surface area (TPSA) is 70.0 Å². The average molecular weight is 569 g/mol. The standard InChI is InChI=1S/C34H28N6OS/c1-24(2)39-31(25-18-19-42-22-25)37-40-30(20-35-32(40)33(39)41)29-21-38(23-36-29)34(26-12-6-3-7-13-26,27-14-8-4-9-15-27)28-16-10-5-11-17-28/h3-24H,1-2H3. The van der Waals surface area contributed by atoms with E-state index in [4.69, 9.17) is 10.1 Å². The molecular formula is C34H28N6OS. The second-order valence-corrected chi connectivity index (χ2v) is 11.2. The number of benzene rings is 3. The minimum Gasteiger partial charge on any atom is -0.318 e. The van der Waals surface area contributed by atoms with E-state index < -0.39 is 5.54 Å². The van der Waals surface area contributed by atoms with Gasteiger partial charge in [-0.05, 0) is 42.0 Å². The Hall–Kier alpha value is -5.08. The molecule has 42 heavy (non-hydrogen) atoms. The van der Waals surface area contributed by atoms with Crippen molar-refractivity contribution in [3.8, 4) is 22.8 Å². The molecule has 7 aromatic rings. The Morgan fingerprint density at radius 1 is 0.786 bits per heavy atom. The van der Waals surface area contributed by atoms with Crippen molar-refractivity contribution in [2.45, 2.75) is 25.4 Å². The lowest BCUT2D eigenvalue weighted by atomic mass is 9.77. The molecule has 7 nitrogen and oxygen atoms in total. The molecule has 4 heterocycles. The monoisotopic (exact) mass is 568 g/mol. The first-order valence-electron chi connectivity index (χ1n) is 13.8. The summed E-state index contributed by atoms with van der Waals surface area (Å²) in [6, 6.07) is 33.3. The van der Waals surface area contributed by atoms with E-state index >= 15 is 0 Å². The van der Waals surface area contributed by atoms with Crippen molar-refractivity contribution in [1.29, 1.82) is 0 Å². The largest absolute Gasteiger partial charge is 0.318 e. The molecule has 0 unspecified atom stereocenters. The number of fused-ring (bicyclic) bond motifs is 1. The van der Waals surface area contributed by atoms with Crippen molar-refractivity contribution in [3.05, 3.63) is 154 Å². The fraction of sp³-hybridized carbons (Fsp3) is 0.118. The Kier molecular flexibility index (Phi) is 6.40. The maximum absolute atomic E-state index is 13.7. The Morgan fingerprint density at radius 2 is 1.38 bits per heavy atom. The lowest BCUT2D eigenvalue weighted by Gasteiger charge is -2.37. The third-order valence-corrected chi connectivity index (χ3v) is 8.36. The molecule has 4 aromatic heterocycles. The summed E-state index contributed by atoms with van der Waals surface area (Å²) in [5.41, 5.74) is 4.90. The second-order valence-electron chi connectivity index (χ2n) is 10.5. The van der Waals surface area contributed by atoms with Crippen LogP contribution in [0.4, 0.5) is 0 Å². The SMILES string of the molecule is CC(C)n1c(-c2ccsc2)nn2c(-c3cn(C(c4ccccc4)(c4ccccc4)c4ccccc4)cn3)cnc2c1=O. The Bertz CT molecular complexity index is 1930. The summed E-state index contributed by atoms with van der Waals surface area (Å²) in [5.74, 6) is 0.606. The summed E-state index contributed by atoms with van der Waals surface area (Å²) in [7, 11) is 0. The van der Waals surface area contributed by atoms with Crippen LogP contribution < -0.4 is 5.56 Å². The third kappa shape index (κ3) is 4.02. The zero-order chi connectivity index (χ0) is 28.7. The van der Waals surface area contributed by atoms with Crippen molar-refractivity contribution in [2.24, 2.45) is 0 Å². The van der Waals surface area contributed by atoms with Gasteiger partial charge in [0.05, 0.1) is 12.5 Å². The van der Waals surface area contributed by atoms with E-state index in [0.29, 0.717) is 17.2 Å². The molecule has 0 saturated carbocycles. The van der Waals surface area contributed by atoms with Gasteiger partial charge in [0.15, 0.2) is 5.82 Å². The zero-order valence-electron chi connectivity index (χ0n) is 23.2. The van der Waals surface area contributed by atoms with Crippen LogP contribution in [0.3, 0.4) is 0 Å². The molecule has 0 spiro atoms. The Morgan fingerprint density at radius 3 is 1.90 bits per heavy atom. The Labute approximate surface area is 247 Å². The van der Waals surface area contributed by atoms with Gasteiger partial charge in [-0.1, -0.05) is 91.0 Å². The van der Waals surface area contributed by atoms with Crippen molar-refractivity contribution < 1.29 is 0 Å². The van der Waals surface area contributed by atoms with Gasteiger partial charge in [-0.25, -0.2) is 14.5 Å². The van der Waals surface area contributed by atoms with Crippen LogP contribution in [0.25, 0.3) is 28.4 Å². The fourth-order valence-electron chi connectivity index (χ4n) is 5.81. The first-order chi connectivity index (χ1) is 20.6. The number of aromatic nitrogens is 6. The van der Waals surface area contributed by atoms with Crippen LogP contribution in [0.1, 0.15) is 36.6 Å². The summed E-state index contributed by atoms with van der Waals surface area (Å²) in [5, 5.41) is 8.95. The minimum atomic E-state index is -0.699. The van der Waals surface area contributed by atoms with Gasteiger partial charge in [0, 0.05) is 23.2 Å². The number of imidazole rings is 2. The summed E-state index contributed by atoms with van der Waals surface area (Å²) >= 11 is 1.57. The van der Waals surface area contributed by atoms with E-state index in [9.17, 15) is 4.79 Å². The average Bonchev–Trinajstić information content (AvgIpc) is 3.81. The van der Waals surface area contributed by atoms with Gasteiger partial charge in [0.25, 0.3) is 5.56 Å². The summed E-state index contributed by atoms with van der Waals surface area (Å²) < 4.78 is 5.49. The molecule has 0 atom stereocenters. The van der Waals surface area contributed by atoms with Crippen LogP contribution in [-0.2, 0) is 5.54 Å². The number of rotatable bonds is 7. The lowest BCUT2D eigenvalue weighted by molar-refractivity contribution is 0.515. The molecule has 3 aromatic carbocycles. The molecule has 0 amide bonds. The second kappa shape index (κ2) is 10.4. The van der Waals surface area contributed by atoms with Crippen LogP contribution >= 0.6 is 11.3 Å². The molecule has 7 rings (SSSR count). The predicted octanol–water partition coefficient (Wildman–Crippen LogP) is 6.90. The van der Waals surface area contributed by atoms with Gasteiger partial charge < -0.3 is 4.57 Å². The molecular weight excluding hydrogens is 540 g/mol. The highest BCUT2D eigenvalue weighted by Gasteiger charge is 2.38. The van der Waals surface area contributed by atoms with E-state index in [2.05, 4.69) is 82.3 Å². The molecule has 0 bridgehead atoms. The van der Waals surface area contributed by atoms with Gasteiger partial charge in [-0.2, -0.15) is 11.3 Å². The van der Waals surface area contributed by atoms with Gasteiger partial charge in [-0.3, -0.25) is 9.36 Å². The normalized spacial score (nSPS) is 11.9. The van der Waals surface area contributed by atoms with E-state index in [1.54, 1.807) is 26.6 Å². The maximum atomic E-state index is 13.7. The summed E-state index contributed by atoms with van der Waals surface area (Å²) in [4.78, 5) is 23.1. The van der Waals surface area contributed by atoms with Crippen LogP contribution in [0.2, 0.25) is 0 Å². The van der Waals surface area contributed by atoms with Crippen molar-refractivity contribution in [1.82, 2.24) is 28.7 Å². The first-order valence-corrected chi connectivity index (χ1v) is 14.8. The molecule has 0 saturated heterocycles. The molecule has 0 fully saturated rings. The summed E-state index contributed by atoms with van der Waals surface area (Å²) in [6.45, 7) is 3.97. The van der Waals surface area contributed by atoms with Crippen molar-refractivity contribution in [3.63, 3.8) is 0 Å². The van der Waals surface area contributed by atoms with Crippen LogP contribution in [-0.4, -0.2) is 28.7 Å². The number of hydrogen-bond acceptors (Lipinski definition) is 5. The predicted molar refractivity (Wildman–Crippen MR) is 167 cm³/mol. The van der Waals surface area contributed by atoms with E-state index in [1.165, 1.54) is 0 Å². The highest BCUT2D eigenvalue weighted by Crippen LogP contribution is 2.41. The highest BCUT2D eigenvalue weighted by molar-refractivity contribution is 7.08. The number of thiophene rings is 1. The quantitative estimate of drug-likeness (QED) is 0.196. The molecule has 0 radical (unpaired) electrons. The van der Waals surface area contributed by atoms with E-state index in [0.717, 1.165) is 22.3 Å². The minimum absolute atomic E-state index is 0.0764. The molecule has 0 aliphatic carbocycles. The number of nitrogens with zero attached hydrogens (tertiary/aromatic N) is 6. The summed E-state index contributed by atoms with van der Waals surface area (Å²) in [6.07, 6.45) is 5.57. The molecule has 0 N–H and O–H groups in total. The van der Waals surface area contributed by atoms with E-state index in [1.807, 2.05) is 61.4 Å². The lowest BCUT2D eigenvalue weighted by Crippen LogP contribution is -2.36. The molecule has 8 heteroatoms. The van der Waals surface area contributed by atoms with Gasteiger partial charge in [0.2, 0.25) is 5.65 Å². The van der Waals surface area contributed by atoms with E-state index in [-0.39, 0.29) is 17.2 Å². The first kappa shape index (κ1) is 25.9. The van der Waals surface area contributed by atoms with Crippen LogP contribution in [0.15, 0.2) is 131 Å².